The maximum Gasteiger partial charge on any atom is 0.117 e. The minimum atomic E-state index is -0.955. The molecule has 1 aromatic heterocycles. The lowest BCUT2D eigenvalue weighted by molar-refractivity contribution is 0.0779. The zero-order valence-corrected chi connectivity index (χ0v) is 10.3. The molecule has 0 radical (unpaired) electrons. The van der Waals surface area contributed by atoms with E-state index in [-0.39, 0.29) is 0 Å². The molecule has 2 aromatic rings. The van der Waals surface area contributed by atoms with E-state index in [1.54, 1.807) is 11.3 Å². The van der Waals surface area contributed by atoms with E-state index < -0.39 is 5.60 Å². The summed E-state index contributed by atoms with van der Waals surface area (Å²) in [5.41, 5.74) is 0.863. The number of alkyl halides is 1. The minimum absolute atomic E-state index is 0.432. The third-order valence-electron chi connectivity index (χ3n) is 2.71. The summed E-state index contributed by atoms with van der Waals surface area (Å²) in [5, 5.41) is 14.7. The van der Waals surface area contributed by atoms with Crippen molar-refractivity contribution in [3.63, 3.8) is 0 Å². The normalized spacial score (nSPS) is 14.6. The van der Waals surface area contributed by atoms with Gasteiger partial charge in [-0.05, 0) is 34.4 Å². The molecule has 0 saturated carbocycles. The maximum absolute atomic E-state index is 10.8. The summed E-state index contributed by atoms with van der Waals surface area (Å²) in [6, 6.07) is 11.6. The van der Waals surface area contributed by atoms with E-state index in [9.17, 15) is 5.11 Å². The molecule has 3 heteroatoms. The van der Waals surface area contributed by atoms with Gasteiger partial charge >= 0.3 is 0 Å². The Bertz CT molecular complexity index is 426. The highest BCUT2D eigenvalue weighted by Crippen LogP contribution is 2.34. The molecule has 84 valence electrons. The Hall–Kier alpha value is -0.830. The van der Waals surface area contributed by atoms with E-state index in [4.69, 9.17) is 11.6 Å². The third kappa shape index (κ3) is 2.14. The predicted molar refractivity (Wildman–Crippen MR) is 69.1 cm³/mol. The van der Waals surface area contributed by atoms with Crippen LogP contribution < -0.4 is 0 Å². The first kappa shape index (κ1) is 11.6. The summed E-state index contributed by atoms with van der Waals surface area (Å²) >= 11 is 7.38. The van der Waals surface area contributed by atoms with Crippen LogP contribution in [0.2, 0.25) is 0 Å². The quantitative estimate of drug-likeness (QED) is 0.825. The van der Waals surface area contributed by atoms with Crippen LogP contribution >= 0.6 is 22.9 Å². The molecule has 0 aliphatic carbocycles. The fourth-order valence-electron chi connectivity index (χ4n) is 1.81. The average Bonchev–Trinajstić information content (AvgIpc) is 2.84. The van der Waals surface area contributed by atoms with Crippen LogP contribution in [0.25, 0.3) is 0 Å². The molecule has 2 rings (SSSR count). The molecular formula is C13H13ClOS. The lowest BCUT2D eigenvalue weighted by atomic mass is 9.86. The fraction of sp³-hybridized carbons (Fsp3) is 0.231. The Morgan fingerprint density at radius 3 is 2.44 bits per heavy atom. The van der Waals surface area contributed by atoms with E-state index >= 15 is 0 Å². The van der Waals surface area contributed by atoms with Gasteiger partial charge < -0.3 is 5.11 Å². The number of rotatable bonds is 4. The summed E-state index contributed by atoms with van der Waals surface area (Å²) in [7, 11) is 0. The maximum atomic E-state index is 10.8. The Morgan fingerprint density at radius 2 is 1.88 bits per heavy atom. The van der Waals surface area contributed by atoms with E-state index in [0.717, 1.165) is 11.1 Å². The van der Waals surface area contributed by atoms with Crippen molar-refractivity contribution >= 4 is 22.9 Å². The van der Waals surface area contributed by atoms with E-state index in [1.165, 1.54) is 0 Å². The van der Waals surface area contributed by atoms with Crippen LogP contribution in [0.1, 0.15) is 17.5 Å². The molecule has 0 spiro atoms. The van der Waals surface area contributed by atoms with Crippen LogP contribution in [-0.4, -0.2) is 11.0 Å². The number of halogens is 1. The Labute approximate surface area is 104 Å². The standard InChI is InChI=1S/C13H13ClOS/c14-8-7-13(15,12-6-9-16-10-12)11-4-2-1-3-5-11/h1-6,9-10,15H,7-8H2. The molecule has 1 nitrogen and oxygen atoms in total. The number of aliphatic hydroxyl groups is 1. The molecule has 0 bridgehead atoms. The van der Waals surface area contributed by atoms with Crippen molar-refractivity contribution < 1.29 is 5.11 Å². The van der Waals surface area contributed by atoms with Crippen LogP contribution in [0, 0.1) is 0 Å². The van der Waals surface area contributed by atoms with Gasteiger partial charge in [-0.25, -0.2) is 0 Å². The highest BCUT2D eigenvalue weighted by Gasteiger charge is 2.30. The lowest BCUT2D eigenvalue weighted by Gasteiger charge is -2.27. The lowest BCUT2D eigenvalue weighted by Crippen LogP contribution is -2.27. The first-order valence-corrected chi connectivity index (χ1v) is 6.61. The topological polar surface area (TPSA) is 20.2 Å². The SMILES string of the molecule is OC(CCCl)(c1ccccc1)c1ccsc1. The molecule has 1 atom stereocenters. The first-order valence-electron chi connectivity index (χ1n) is 5.14. The zero-order chi connectivity index (χ0) is 11.4. The molecule has 0 fully saturated rings. The second-order valence-corrected chi connectivity index (χ2v) is 4.84. The van der Waals surface area contributed by atoms with Gasteiger partial charge in [0.2, 0.25) is 0 Å². The smallest absolute Gasteiger partial charge is 0.117 e. The number of hydrogen-bond acceptors (Lipinski definition) is 2. The van der Waals surface area contributed by atoms with Gasteiger partial charge in [0.15, 0.2) is 0 Å². The van der Waals surface area contributed by atoms with E-state index in [2.05, 4.69) is 0 Å². The van der Waals surface area contributed by atoms with Crippen molar-refractivity contribution in [2.45, 2.75) is 12.0 Å². The molecule has 1 unspecified atom stereocenters. The second kappa shape index (κ2) is 5.00. The predicted octanol–water partition coefficient (Wildman–Crippen LogP) is 3.61. The molecule has 0 aliphatic heterocycles. The Balaban J connectivity index is 2.44. The van der Waals surface area contributed by atoms with Gasteiger partial charge in [0.25, 0.3) is 0 Å². The molecule has 0 amide bonds. The summed E-state index contributed by atoms with van der Waals surface area (Å²) in [6.45, 7) is 0. The van der Waals surface area contributed by atoms with E-state index in [1.807, 2.05) is 47.2 Å². The van der Waals surface area contributed by atoms with Gasteiger partial charge in [-0.1, -0.05) is 30.3 Å². The summed E-state index contributed by atoms with van der Waals surface area (Å²) in [6.07, 6.45) is 0.523. The van der Waals surface area contributed by atoms with Crippen LogP contribution in [0.5, 0.6) is 0 Å². The molecule has 1 aromatic carbocycles. The summed E-state index contributed by atoms with van der Waals surface area (Å²) in [4.78, 5) is 0. The largest absolute Gasteiger partial charge is 0.380 e. The highest BCUT2D eigenvalue weighted by molar-refractivity contribution is 7.08. The van der Waals surface area contributed by atoms with Gasteiger partial charge in [0, 0.05) is 5.88 Å². The average molecular weight is 253 g/mol. The number of hydrogen-bond donors (Lipinski definition) is 1. The Kier molecular flexibility index (Phi) is 3.64. The van der Waals surface area contributed by atoms with E-state index in [0.29, 0.717) is 12.3 Å². The molecule has 0 saturated heterocycles. The second-order valence-electron chi connectivity index (χ2n) is 3.68. The van der Waals surface area contributed by atoms with Crippen molar-refractivity contribution in [2.75, 3.05) is 5.88 Å². The van der Waals surface area contributed by atoms with Gasteiger partial charge in [-0.15, -0.1) is 11.6 Å². The van der Waals surface area contributed by atoms with Gasteiger partial charge in [0.1, 0.15) is 5.60 Å². The van der Waals surface area contributed by atoms with Crippen LogP contribution in [0.3, 0.4) is 0 Å². The molecule has 1 heterocycles. The van der Waals surface area contributed by atoms with Gasteiger partial charge in [-0.3, -0.25) is 0 Å². The van der Waals surface area contributed by atoms with Crippen LogP contribution in [0.15, 0.2) is 47.2 Å². The third-order valence-corrected chi connectivity index (χ3v) is 3.58. The molecule has 16 heavy (non-hydrogen) atoms. The fourth-order valence-corrected chi connectivity index (χ4v) is 2.80. The van der Waals surface area contributed by atoms with Gasteiger partial charge in [-0.2, -0.15) is 11.3 Å². The zero-order valence-electron chi connectivity index (χ0n) is 8.77. The van der Waals surface area contributed by atoms with Crippen LogP contribution in [-0.2, 0) is 5.60 Å². The highest BCUT2D eigenvalue weighted by atomic mass is 35.5. The number of thiophene rings is 1. The van der Waals surface area contributed by atoms with Crippen molar-refractivity contribution in [3.05, 3.63) is 58.3 Å². The Morgan fingerprint density at radius 1 is 1.12 bits per heavy atom. The minimum Gasteiger partial charge on any atom is -0.380 e. The van der Waals surface area contributed by atoms with Crippen molar-refractivity contribution in [1.29, 1.82) is 0 Å². The molecule has 0 aliphatic rings. The van der Waals surface area contributed by atoms with Gasteiger partial charge in [0.05, 0.1) is 0 Å². The summed E-state index contributed by atoms with van der Waals surface area (Å²) in [5.74, 6) is 0.432. The summed E-state index contributed by atoms with van der Waals surface area (Å²) < 4.78 is 0. The number of benzene rings is 1. The molecule has 1 N–H and O–H groups in total. The first-order chi connectivity index (χ1) is 7.77. The van der Waals surface area contributed by atoms with Crippen LogP contribution in [0.4, 0.5) is 0 Å². The van der Waals surface area contributed by atoms with Crippen molar-refractivity contribution in [3.8, 4) is 0 Å². The van der Waals surface area contributed by atoms with Crippen molar-refractivity contribution in [1.82, 2.24) is 0 Å². The monoisotopic (exact) mass is 252 g/mol. The molecular weight excluding hydrogens is 240 g/mol. The van der Waals surface area contributed by atoms with Crippen molar-refractivity contribution in [2.24, 2.45) is 0 Å².